The van der Waals surface area contributed by atoms with E-state index in [0.717, 1.165) is 64.8 Å². The number of likely N-dealkylation sites (tertiary alicyclic amines) is 2. The SMILES string of the molecule is CNCCC(=O)N1CCC(CN2CCCCC2=O)CC1.Cl. The van der Waals surface area contributed by atoms with Gasteiger partial charge in [-0.1, -0.05) is 0 Å². The molecule has 2 aliphatic rings. The van der Waals surface area contributed by atoms with E-state index in [-0.39, 0.29) is 18.3 Å². The van der Waals surface area contributed by atoms with Crippen LogP contribution in [0.3, 0.4) is 0 Å². The molecule has 2 aliphatic heterocycles. The Morgan fingerprint density at radius 2 is 1.95 bits per heavy atom. The molecule has 0 aromatic rings. The maximum absolute atomic E-state index is 11.9. The quantitative estimate of drug-likeness (QED) is 0.831. The number of piperidine rings is 2. The monoisotopic (exact) mass is 317 g/mol. The van der Waals surface area contributed by atoms with Crippen molar-refractivity contribution in [2.75, 3.05) is 39.8 Å². The van der Waals surface area contributed by atoms with E-state index in [1.165, 1.54) is 0 Å². The fourth-order valence-corrected chi connectivity index (χ4v) is 3.12. The van der Waals surface area contributed by atoms with Gasteiger partial charge in [0.15, 0.2) is 0 Å². The first-order valence-corrected chi connectivity index (χ1v) is 7.91. The molecule has 0 bridgehead atoms. The lowest BCUT2D eigenvalue weighted by atomic mass is 9.95. The molecule has 2 fully saturated rings. The van der Waals surface area contributed by atoms with E-state index in [0.29, 0.717) is 18.2 Å². The van der Waals surface area contributed by atoms with Gasteiger partial charge in [0.25, 0.3) is 0 Å². The molecule has 0 atom stereocenters. The summed E-state index contributed by atoms with van der Waals surface area (Å²) in [6.45, 7) is 4.29. The van der Waals surface area contributed by atoms with Crippen LogP contribution in [-0.2, 0) is 9.59 Å². The third kappa shape index (κ3) is 5.47. The van der Waals surface area contributed by atoms with Gasteiger partial charge in [-0.3, -0.25) is 9.59 Å². The summed E-state index contributed by atoms with van der Waals surface area (Å²) in [7, 11) is 1.87. The van der Waals surface area contributed by atoms with Crippen LogP contribution in [0, 0.1) is 5.92 Å². The van der Waals surface area contributed by atoms with E-state index in [1.54, 1.807) is 0 Å². The van der Waals surface area contributed by atoms with Gasteiger partial charge >= 0.3 is 0 Å². The topological polar surface area (TPSA) is 52.7 Å². The van der Waals surface area contributed by atoms with Crippen LogP contribution in [0.4, 0.5) is 0 Å². The lowest BCUT2D eigenvalue weighted by Crippen LogP contribution is -2.44. The van der Waals surface area contributed by atoms with E-state index in [1.807, 2.05) is 16.8 Å². The van der Waals surface area contributed by atoms with Gasteiger partial charge in [0.2, 0.25) is 11.8 Å². The van der Waals surface area contributed by atoms with Gasteiger partial charge in [0, 0.05) is 45.6 Å². The smallest absolute Gasteiger partial charge is 0.223 e. The molecule has 0 aromatic carbocycles. The first-order valence-electron chi connectivity index (χ1n) is 7.91. The highest BCUT2D eigenvalue weighted by molar-refractivity contribution is 5.85. The fourth-order valence-electron chi connectivity index (χ4n) is 3.12. The van der Waals surface area contributed by atoms with Crippen molar-refractivity contribution in [2.24, 2.45) is 5.92 Å². The van der Waals surface area contributed by atoms with Crippen molar-refractivity contribution in [1.29, 1.82) is 0 Å². The van der Waals surface area contributed by atoms with Crippen molar-refractivity contribution in [1.82, 2.24) is 15.1 Å². The molecule has 0 unspecified atom stereocenters. The van der Waals surface area contributed by atoms with Crippen molar-refractivity contribution in [3.63, 3.8) is 0 Å². The zero-order chi connectivity index (χ0) is 14.4. The summed E-state index contributed by atoms with van der Waals surface area (Å²) in [5, 5.41) is 3.01. The number of carbonyl (C=O) groups excluding carboxylic acids is 2. The molecular weight excluding hydrogens is 290 g/mol. The van der Waals surface area contributed by atoms with E-state index in [2.05, 4.69) is 5.32 Å². The lowest BCUT2D eigenvalue weighted by molar-refractivity contribution is -0.136. The van der Waals surface area contributed by atoms with Crippen LogP contribution in [0.1, 0.15) is 38.5 Å². The molecule has 122 valence electrons. The standard InChI is InChI=1S/C15H27N3O2.ClH/c1-16-8-5-15(20)17-10-6-13(7-11-17)12-18-9-3-2-4-14(18)19;/h13,16H,2-12H2,1H3;1H. The number of amides is 2. The summed E-state index contributed by atoms with van der Waals surface area (Å²) < 4.78 is 0. The highest BCUT2D eigenvalue weighted by atomic mass is 35.5. The van der Waals surface area contributed by atoms with Crippen molar-refractivity contribution in [3.8, 4) is 0 Å². The number of halogens is 1. The maximum atomic E-state index is 11.9. The highest BCUT2D eigenvalue weighted by Gasteiger charge is 2.26. The molecule has 0 saturated carbocycles. The number of rotatable bonds is 5. The molecule has 0 radical (unpaired) electrons. The number of nitrogens with one attached hydrogen (secondary N) is 1. The van der Waals surface area contributed by atoms with Crippen LogP contribution < -0.4 is 5.32 Å². The average molecular weight is 318 g/mol. The minimum atomic E-state index is 0. The molecule has 1 N–H and O–H groups in total. The van der Waals surface area contributed by atoms with Crippen LogP contribution in [0.5, 0.6) is 0 Å². The maximum Gasteiger partial charge on any atom is 0.223 e. The molecule has 0 aliphatic carbocycles. The van der Waals surface area contributed by atoms with Crippen LogP contribution >= 0.6 is 12.4 Å². The lowest BCUT2D eigenvalue weighted by Gasteiger charge is -2.36. The molecule has 2 rings (SSSR count). The second-order valence-electron chi connectivity index (χ2n) is 5.97. The van der Waals surface area contributed by atoms with E-state index >= 15 is 0 Å². The summed E-state index contributed by atoms with van der Waals surface area (Å²) in [4.78, 5) is 27.8. The zero-order valence-electron chi connectivity index (χ0n) is 13.0. The molecule has 0 spiro atoms. The Balaban J connectivity index is 0.00000220. The van der Waals surface area contributed by atoms with Gasteiger partial charge < -0.3 is 15.1 Å². The van der Waals surface area contributed by atoms with Gasteiger partial charge in [-0.15, -0.1) is 12.4 Å². The third-order valence-electron chi connectivity index (χ3n) is 4.46. The van der Waals surface area contributed by atoms with Gasteiger partial charge in [-0.25, -0.2) is 0 Å². The first-order chi connectivity index (χ1) is 9.70. The fraction of sp³-hybridized carbons (Fsp3) is 0.867. The number of hydrogen-bond acceptors (Lipinski definition) is 3. The molecule has 2 amide bonds. The summed E-state index contributed by atoms with van der Waals surface area (Å²) in [5.41, 5.74) is 0. The third-order valence-corrected chi connectivity index (χ3v) is 4.46. The van der Waals surface area contributed by atoms with Crippen LogP contribution in [0.25, 0.3) is 0 Å². The Kier molecular flexibility index (Phi) is 8.04. The van der Waals surface area contributed by atoms with E-state index < -0.39 is 0 Å². The first kappa shape index (κ1) is 18.2. The number of carbonyl (C=O) groups is 2. The van der Waals surface area contributed by atoms with Gasteiger partial charge in [0.05, 0.1) is 0 Å². The Hall–Kier alpha value is -0.810. The predicted octanol–water partition coefficient (Wildman–Crippen LogP) is 1.27. The Bertz CT molecular complexity index is 344. The molecule has 0 aromatic heterocycles. The summed E-state index contributed by atoms with van der Waals surface area (Å²) >= 11 is 0. The van der Waals surface area contributed by atoms with Crippen molar-refractivity contribution >= 4 is 24.2 Å². The Labute approximate surface area is 133 Å². The normalized spacial score (nSPS) is 20.3. The predicted molar refractivity (Wildman–Crippen MR) is 85.5 cm³/mol. The van der Waals surface area contributed by atoms with Gasteiger partial charge in [-0.2, -0.15) is 0 Å². The van der Waals surface area contributed by atoms with Crippen LogP contribution in [0.2, 0.25) is 0 Å². The van der Waals surface area contributed by atoms with Crippen LogP contribution in [0.15, 0.2) is 0 Å². The van der Waals surface area contributed by atoms with Crippen molar-refractivity contribution in [3.05, 3.63) is 0 Å². The second-order valence-corrected chi connectivity index (χ2v) is 5.97. The van der Waals surface area contributed by atoms with E-state index in [9.17, 15) is 9.59 Å². The zero-order valence-corrected chi connectivity index (χ0v) is 13.8. The molecule has 21 heavy (non-hydrogen) atoms. The molecule has 6 heteroatoms. The average Bonchev–Trinajstić information content (AvgIpc) is 2.48. The summed E-state index contributed by atoms with van der Waals surface area (Å²) in [6.07, 6.45) is 5.58. The van der Waals surface area contributed by atoms with Crippen LogP contribution in [-0.4, -0.2) is 61.4 Å². The molecular formula is C15H28ClN3O2. The molecule has 5 nitrogen and oxygen atoms in total. The van der Waals surface area contributed by atoms with Gasteiger partial charge in [-0.05, 0) is 38.6 Å². The van der Waals surface area contributed by atoms with Crippen molar-refractivity contribution < 1.29 is 9.59 Å². The summed E-state index contributed by atoms with van der Waals surface area (Å²) in [6, 6.07) is 0. The summed E-state index contributed by atoms with van der Waals surface area (Å²) in [5.74, 6) is 1.15. The Morgan fingerprint density at radius 1 is 1.24 bits per heavy atom. The minimum absolute atomic E-state index is 0. The molecule has 2 heterocycles. The largest absolute Gasteiger partial charge is 0.343 e. The Morgan fingerprint density at radius 3 is 2.57 bits per heavy atom. The van der Waals surface area contributed by atoms with E-state index in [4.69, 9.17) is 0 Å². The van der Waals surface area contributed by atoms with Crippen molar-refractivity contribution in [2.45, 2.75) is 38.5 Å². The highest BCUT2D eigenvalue weighted by Crippen LogP contribution is 2.21. The van der Waals surface area contributed by atoms with Gasteiger partial charge in [0.1, 0.15) is 0 Å². The second kappa shape index (κ2) is 9.26. The number of nitrogens with zero attached hydrogens (tertiary/aromatic N) is 2. The number of hydrogen-bond donors (Lipinski definition) is 1. The minimum Gasteiger partial charge on any atom is -0.343 e. The molecule has 2 saturated heterocycles.